The van der Waals surface area contributed by atoms with Gasteiger partial charge in [-0.1, -0.05) is 13.0 Å². The Hall–Kier alpha value is -2.17. The highest BCUT2D eigenvalue weighted by Gasteiger charge is 2.07. The van der Waals surface area contributed by atoms with Crippen LogP contribution in [0.4, 0.5) is 11.6 Å². The zero-order valence-electron chi connectivity index (χ0n) is 11.4. The molecule has 100 valence electrons. The maximum atomic E-state index is 5.83. The lowest BCUT2D eigenvalue weighted by atomic mass is 10.2. The molecule has 5 heteroatoms. The van der Waals surface area contributed by atoms with Crippen molar-refractivity contribution in [1.82, 2.24) is 15.0 Å². The minimum atomic E-state index is 0.520. The second-order valence-corrected chi connectivity index (χ2v) is 4.53. The fourth-order valence-corrected chi connectivity index (χ4v) is 1.88. The van der Waals surface area contributed by atoms with Crippen molar-refractivity contribution in [3.05, 3.63) is 42.0 Å². The summed E-state index contributed by atoms with van der Waals surface area (Å²) < 4.78 is 0. The number of aromatic nitrogens is 3. The molecule has 5 nitrogen and oxygen atoms in total. The maximum Gasteiger partial charge on any atom is 0.134 e. The predicted octanol–water partition coefficient (Wildman–Crippen LogP) is 2.04. The van der Waals surface area contributed by atoms with Gasteiger partial charge in [0, 0.05) is 38.5 Å². The topological polar surface area (TPSA) is 67.9 Å². The molecule has 2 N–H and O–H groups in total. The lowest BCUT2D eigenvalue weighted by Crippen LogP contribution is -2.19. The summed E-state index contributed by atoms with van der Waals surface area (Å²) in [4.78, 5) is 14.9. The number of hydrogen-bond acceptors (Lipinski definition) is 5. The molecule has 0 atom stereocenters. The van der Waals surface area contributed by atoms with Crippen LogP contribution in [-0.2, 0) is 13.0 Å². The van der Waals surface area contributed by atoms with Crippen LogP contribution in [0.3, 0.4) is 0 Å². The van der Waals surface area contributed by atoms with Gasteiger partial charge in [0.15, 0.2) is 0 Å². The summed E-state index contributed by atoms with van der Waals surface area (Å²) in [6, 6.07) is 5.77. The molecule has 0 unspecified atom stereocenters. The lowest BCUT2D eigenvalue weighted by molar-refractivity contribution is 0.814. The highest BCUT2D eigenvalue weighted by atomic mass is 15.2. The van der Waals surface area contributed by atoms with Crippen molar-refractivity contribution in [2.75, 3.05) is 17.7 Å². The van der Waals surface area contributed by atoms with Crippen LogP contribution in [0.5, 0.6) is 0 Å². The van der Waals surface area contributed by atoms with E-state index >= 15 is 0 Å². The van der Waals surface area contributed by atoms with Crippen LogP contribution in [0.1, 0.15) is 24.7 Å². The summed E-state index contributed by atoms with van der Waals surface area (Å²) in [5, 5.41) is 0. The number of nitrogen functional groups attached to an aromatic ring is 1. The van der Waals surface area contributed by atoms with Crippen molar-refractivity contribution in [1.29, 1.82) is 0 Å². The van der Waals surface area contributed by atoms with Crippen LogP contribution < -0.4 is 10.6 Å². The van der Waals surface area contributed by atoms with Crippen LogP contribution in [0.2, 0.25) is 0 Å². The number of nitrogens with two attached hydrogens (primary N) is 1. The molecule has 0 fully saturated rings. The highest BCUT2D eigenvalue weighted by Crippen LogP contribution is 2.15. The molecule has 0 aliphatic carbocycles. The first-order valence-corrected chi connectivity index (χ1v) is 6.42. The van der Waals surface area contributed by atoms with E-state index in [4.69, 9.17) is 5.73 Å². The molecule has 0 aromatic carbocycles. The fourth-order valence-electron chi connectivity index (χ4n) is 1.88. The summed E-state index contributed by atoms with van der Waals surface area (Å²) in [6.07, 6.45) is 5.48. The molecule has 2 aromatic heterocycles. The number of anilines is 2. The number of nitrogens with zero attached hydrogens (tertiary/aromatic N) is 4. The molecule has 0 spiro atoms. The molecule has 2 rings (SSSR count). The van der Waals surface area contributed by atoms with Gasteiger partial charge in [0.2, 0.25) is 0 Å². The number of pyridine rings is 1. The first-order chi connectivity index (χ1) is 9.19. The van der Waals surface area contributed by atoms with Gasteiger partial charge < -0.3 is 10.6 Å². The number of aryl methyl sites for hydroxylation is 1. The molecule has 0 aliphatic heterocycles. The number of hydrogen-bond donors (Lipinski definition) is 1. The SMILES string of the molecule is CCCc1nc(N)cc(N(C)Cc2cccnc2)n1. The predicted molar refractivity (Wildman–Crippen MR) is 76.8 cm³/mol. The van der Waals surface area contributed by atoms with Crippen molar-refractivity contribution < 1.29 is 0 Å². The van der Waals surface area contributed by atoms with E-state index in [1.54, 1.807) is 12.3 Å². The van der Waals surface area contributed by atoms with Crippen LogP contribution in [-0.4, -0.2) is 22.0 Å². The minimum Gasteiger partial charge on any atom is -0.384 e. The van der Waals surface area contributed by atoms with Gasteiger partial charge in [0.25, 0.3) is 0 Å². The average molecular weight is 257 g/mol. The average Bonchev–Trinajstić information content (AvgIpc) is 2.39. The summed E-state index contributed by atoms with van der Waals surface area (Å²) in [5.74, 6) is 2.17. The van der Waals surface area contributed by atoms with Gasteiger partial charge >= 0.3 is 0 Å². The molecule has 0 bridgehead atoms. The van der Waals surface area contributed by atoms with Gasteiger partial charge in [-0.25, -0.2) is 9.97 Å². The molecule has 0 saturated carbocycles. The van der Waals surface area contributed by atoms with Gasteiger partial charge in [0.05, 0.1) is 0 Å². The molecule has 0 radical (unpaired) electrons. The zero-order chi connectivity index (χ0) is 13.7. The molecule has 2 heterocycles. The van der Waals surface area contributed by atoms with Gasteiger partial charge in [-0.15, -0.1) is 0 Å². The van der Waals surface area contributed by atoms with E-state index in [-0.39, 0.29) is 0 Å². The van der Waals surface area contributed by atoms with Gasteiger partial charge in [-0.2, -0.15) is 0 Å². The standard InChI is InChI=1S/C14H19N5/c1-3-5-13-17-12(15)8-14(18-13)19(2)10-11-6-4-7-16-9-11/h4,6-9H,3,5,10H2,1-2H3,(H2,15,17,18). The monoisotopic (exact) mass is 257 g/mol. The van der Waals surface area contributed by atoms with Crippen molar-refractivity contribution in [2.45, 2.75) is 26.3 Å². The molecular weight excluding hydrogens is 238 g/mol. The van der Waals surface area contributed by atoms with E-state index in [0.717, 1.165) is 36.6 Å². The Morgan fingerprint density at radius 2 is 2.16 bits per heavy atom. The first kappa shape index (κ1) is 13.3. The van der Waals surface area contributed by atoms with E-state index in [9.17, 15) is 0 Å². The highest BCUT2D eigenvalue weighted by molar-refractivity contribution is 5.46. The summed E-state index contributed by atoms with van der Waals surface area (Å²) >= 11 is 0. The van der Waals surface area contributed by atoms with E-state index < -0.39 is 0 Å². The van der Waals surface area contributed by atoms with Gasteiger partial charge in [0.1, 0.15) is 17.5 Å². The third-order valence-electron chi connectivity index (χ3n) is 2.79. The molecule has 0 aliphatic rings. The third kappa shape index (κ3) is 3.64. The second-order valence-electron chi connectivity index (χ2n) is 4.53. The Morgan fingerprint density at radius 1 is 1.32 bits per heavy atom. The van der Waals surface area contributed by atoms with E-state index in [1.807, 2.05) is 30.3 Å². The Bertz CT molecular complexity index is 527. The van der Waals surface area contributed by atoms with Crippen LogP contribution in [0.25, 0.3) is 0 Å². The first-order valence-electron chi connectivity index (χ1n) is 6.42. The van der Waals surface area contributed by atoms with Crippen molar-refractivity contribution in [2.24, 2.45) is 0 Å². The molecule has 2 aromatic rings. The smallest absolute Gasteiger partial charge is 0.134 e. The van der Waals surface area contributed by atoms with Crippen molar-refractivity contribution in [3.63, 3.8) is 0 Å². The third-order valence-corrected chi connectivity index (χ3v) is 2.79. The lowest BCUT2D eigenvalue weighted by Gasteiger charge is -2.19. The molecule has 19 heavy (non-hydrogen) atoms. The van der Waals surface area contributed by atoms with Crippen LogP contribution in [0.15, 0.2) is 30.6 Å². The Kier molecular flexibility index (Phi) is 4.28. The van der Waals surface area contributed by atoms with Crippen LogP contribution in [0, 0.1) is 0 Å². The van der Waals surface area contributed by atoms with Gasteiger partial charge in [-0.3, -0.25) is 4.98 Å². The minimum absolute atomic E-state index is 0.520. The van der Waals surface area contributed by atoms with Crippen molar-refractivity contribution in [3.8, 4) is 0 Å². The summed E-state index contributed by atoms with van der Waals surface area (Å²) in [6.45, 7) is 2.85. The molecular formula is C14H19N5. The molecule has 0 amide bonds. The zero-order valence-corrected chi connectivity index (χ0v) is 11.4. The van der Waals surface area contributed by atoms with E-state index in [1.165, 1.54) is 0 Å². The van der Waals surface area contributed by atoms with E-state index in [2.05, 4.69) is 21.9 Å². The Morgan fingerprint density at radius 3 is 2.84 bits per heavy atom. The molecule has 0 saturated heterocycles. The normalized spacial score (nSPS) is 10.4. The largest absolute Gasteiger partial charge is 0.384 e. The van der Waals surface area contributed by atoms with Gasteiger partial charge in [-0.05, 0) is 18.1 Å². The van der Waals surface area contributed by atoms with Crippen LogP contribution >= 0.6 is 0 Å². The van der Waals surface area contributed by atoms with Crippen molar-refractivity contribution >= 4 is 11.6 Å². The summed E-state index contributed by atoms with van der Waals surface area (Å²) in [7, 11) is 1.99. The quantitative estimate of drug-likeness (QED) is 0.887. The Balaban J connectivity index is 2.16. The Labute approximate surface area is 113 Å². The second kappa shape index (κ2) is 6.13. The maximum absolute atomic E-state index is 5.83. The van der Waals surface area contributed by atoms with E-state index in [0.29, 0.717) is 5.82 Å². The number of rotatable bonds is 5. The summed E-state index contributed by atoms with van der Waals surface area (Å²) in [5.41, 5.74) is 6.97. The fraction of sp³-hybridized carbons (Fsp3) is 0.357.